The Kier molecular flexibility index (Phi) is 14.7. The molecule has 1 rings (SSSR count). The fourth-order valence-electron chi connectivity index (χ4n) is 3.68. The van der Waals surface area contributed by atoms with Gasteiger partial charge in [-0.25, -0.2) is 0 Å². The highest BCUT2D eigenvalue weighted by atomic mass is 16.6. The molecular weight excluding hydrogens is 408 g/mol. The van der Waals surface area contributed by atoms with E-state index in [1.165, 1.54) is 82.8 Å². The first-order chi connectivity index (χ1) is 15.5. The lowest BCUT2D eigenvalue weighted by atomic mass is 10.0. The van der Waals surface area contributed by atoms with Gasteiger partial charge in [0.15, 0.2) is 0 Å². The highest BCUT2D eigenvalue weighted by molar-refractivity contribution is 5.85. The van der Waals surface area contributed by atoms with Crippen LogP contribution < -0.4 is 5.43 Å². The SMILES string of the molecule is CCCCCCCCCCCCCCC/C(CC)=N/Nc1ccc([N+](=O)[O-])cc1[N+](=O)[O-]. The summed E-state index contributed by atoms with van der Waals surface area (Å²) in [7, 11) is 0. The second kappa shape index (κ2) is 17.1. The molecule has 0 spiro atoms. The molecule has 0 fully saturated rings. The van der Waals surface area contributed by atoms with Crippen LogP contribution in [0.2, 0.25) is 0 Å². The van der Waals surface area contributed by atoms with Gasteiger partial charge in [-0.1, -0.05) is 90.9 Å². The van der Waals surface area contributed by atoms with Crippen molar-refractivity contribution in [2.45, 2.75) is 110 Å². The van der Waals surface area contributed by atoms with E-state index in [0.29, 0.717) is 0 Å². The molecular formula is C24H40N4O4. The lowest BCUT2D eigenvalue weighted by Crippen LogP contribution is -2.03. The zero-order valence-electron chi connectivity index (χ0n) is 19.8. The van der Waals surface area contributed by atoms with Crippen molar-refractivity contribution < 1.29 is 9.85 Å². The molecule has 1 N–H and O–H groups in total. The van der Waals surface area contributed by atoms with Crippen LogP contribution in [0, 0.1) is 20.2 Å². The predicted molar refractivity (Wildman–Crippen MR) is 131 cm³/mol. The Balaban J connectivity index is 2.25. The van der Waals surface area contributed by atoms with Crippen LogP contribution in [0.25, 0.3) is 0 Å². The van der Waals surface area contributed by atoms with Gasteiger partial charge in [-0.05, 0) is 25.3 Å². The summed E-state index contributed by atoms with van der Waals surface area (Å²) in [6.07, 6.45) is 18.6. The number of nitro groups is 2. The Bertz CT molecular complexity index is 722. The molecule has 0 aliphatic rings. The number of nitrogens with zero attached hydrogens (tertiary/aromatic N) is 3. The normalized spacial score (nSPS) is 11.5. The molecule has 0 amide bonds. The smallest absolute Gasteiger partial charge is 0.272 e. The van der Waals surface area contributed by atoms with Gasteiger partial charge in [0, 0.05) is 11.8 Å². The molecule has 0 heterocycles. The molecule has 0 saturated carbocycles. The van der Waals surface area contributed by atoms with Crippen molar-refractivity contribution >= 4 is 22.8 Å². The highest BCUT2D eigenvalue weighted by Crippen LogP contribution is 2.29. The molecule has 0 unspecified atom stereocenters. The quantitative estimate of drug-likeness (QED) is 0.0992. The topological polar surface area (TPSA) is 111 Å². The summed E-state index contributed by atoms with van der Waals surface area (Å²) in [5.41, 5.74) is 3.18. The summed E-state index contributed by atoms with van der Waals surface area (Å²) in [6, 6.07) is 3.52. The van der Waals surface area contributed by atoms with Crippen LogP contribution in [0.1, 0.15) is 110 Å². The maximum Gasteiger partial charge on any atom is 0.301 e. The van der Waals surface area contributed by atoms with Crippen LogP contribution in [0.5, 0.6) is 0 Å². The summed E-state index contributed by atoms with van der Waals surface area (Å²) in [5, 5.41) is 26.4. The van der Waals surface area contributed by atoms with Crippen molar-refractivity contribution in [2.24, 2.45) is 5.10 Å². The van der Waals surface area contributed by atoms with Crippen molar-refractivity contribution in [1.29, 1.82) is 0 Å². The van der Waals surface area contributed by atoms with Crippen LogP contribution in [0.4, 0.5) is 17.1 Å². The molecule has 32 heavy (non-hydrogen) atoms. The Morgan fingerprint density at radius 3 is 1.81 bits per heavy atom. The molecule has 1 aromatic rings. The summed E-state index contributed by atoms with van der Waals surface area (Å²) in [5.74, 6) is 0. The third-order valence-corrected chi connectivity index (χ3v) is 5.70. The van der Waals surface area contributed by atoms with Crippen LogP contribution in [0.15, 0.2) is 23.3 Å². The second-order valence-corrected chi connectivity index (χ2v) is 8.35. The number of hydrogen-bond donors (Lipinski definition) is 1. The van der Waals surface area contributed by atoms with Gasteiger partial charge in [0.1, 0.15) is 5.69 Å². The van der Waals surface area contributed by atoms with Gasteiger partial charge in [0.25, 0.3) is 5.69 Å². The summed E-state index contributed by atoms with van der Waals surface area (Å²) < 4.78 is 0. The van der Waals surface area contributed by atoms with Gasteiger partial charge in [0.05, 0.1) is 15.9 Å². The third-order valence-electron chi connectivity index (χ3n) is 5.70. The van der Waals surface area contributed by atoms with Gasteiger partial charge in [-0.2, -0.15) is 5.10 Å². The zero-order chi connectivity index (χ0) is 23.6. The average molecular weight is 449 g/mol. The van der Waals surface area contributed by atoms with E-state index in [0.717, 1.165) is 37.5 Å². The first-order valence-electron chi connectivity index (χ1n) is 12.2. The Morgan fingerprint density at radius 2 is 1.34 bits per heavy atom. The van der Waals surface area contributed by atoms with Crippen LogP contribution in [0.3, 0.4) is 0 Å². The van der Waals surface area contributed by atoms with Crippen molar-refractivity contribution in [2.75, 3.05) is 5.43 Å². The average Bonchev–Trinajstić information content (AvgIpc) is 2.78. The number of non-ortho nitro benzene ring substituents is 1. The minimum absolute atomic E-state index is 0.164. The van der Waals surface area contributed by atoms with Gasteiger partial charge >= 0.3 is 5.69 Å². The summed E-state index contributed by atoms with van der Waals surface area (Å²) in [4.78, 5) is 20.8. The van der Waals surface area contributed by atoms with E-state index in [-0.39, 0.29) is 17.1 Å². The van der Waals surface area contributed by atoms with E-state index in [1.54, 1.807) is 0 Å². The summed E-state index contributed by atoms with van der Waals surface area (Å²) >= 11 is 0. The number of nitro benzene ring substituents is 2. The molecule has 0 radical (unpaired) electrons. The number of anilines is 1. The minimum Gasteiger partial charge on any atom is -0.272 e. The number of hydrazone groups is 1. The summed E-state index contributed by atoms with van der Waals surface area (Å²) in [6.45, 7) is 4.26. The van der Waals surface area contributed by atoms with Gasteiger partial charge in [-0.15, -0.1) is 0 Å². The van der Waals surface area contributed by atoms with Crippen LogP contribution >= 0.6 is 0 Å². The molecule has 0 bridgehead atoms. The van der Waals surface area contributed by atoms with Crippen molar-refractivity contribution in [3.8, 4) is 0 Å². The monoisotopic (exact) mass is 448 g/mol. The van der Waals surface area contributed by atoms with E-state index in [2.05, 4.69) is 17.5 Å². The molecule has 180 valence electrons. The molecule has 8 heteroatoms. The second-order valence-electron chi connectivity index (χ2n) is 8.35. The maximum absolute atomic E-state index is 11.2. The standard InChI is InChI=1S/C24H40N4O4/c1-3-5-6-7-8-9-10-11-12-13-14-15-16-17-21(4-2)25-26-23-19-18-22(27(29)30)20-24(23)28(31)32/h18-20,26H,3-17H2,1-2H3/b25-21+. The molecule has 0 saturated heterocycles. The first kappa shape index (κ1) is 27.5. The van der Waals surface area contributed by atoms with Gasteiger partial charge in [-0.3, -0.25) is 25.7 Å². The Labute approximate surface area is 192 Å². The van der Waals surface area contributed by atoms with Crippen LogP contribution in [-0.4, -0.2) is 15.6 Å². The lowest BCUT2D eigenvalue weighted by Gasteiger charge is -2.07. The largest absolute Gasteiger partial charge is 0.301 e. The molecule has 0 aliphatic heterocycles. The van der Waals surface area contributed by atoms with Crippen molar-refractivity contribution in [3.63, 3.8) is 0 Å². The number of hydrogen-bond acceptors (Lipinski definition) is 6. The van der Waals surface area contributed by atoms with E-state index in [4.69, 9.17) is 0 Å². The first-order valence-corrected chi connectivity index (χ1v) is 12.2. The molecule has 1 aromatic carbocycles. The Hall–Kier alpha value is -2.51. The zero-order valence-corrected chi connectivity index (χ0v) is 19.8. The fourth-order valence-corrected chi connectivity index (χ4v) is 3.68. The molecule has 8 nitrogen and oxygen atoms in total. The molecule has 0 atom stereocenters. The van der Waals surface area contributed by atoms with E-state index < -0.39 is 9.85 Å². The molecule has 0 aromatic heterocycles. The van der Waals surface area contributed by atoms with Crippen molar-refractivity contribution in [3.05, 3.63) is 38.4 Å². The van der Waals surface area contributed by atoms with E-state index in [9.17, 15) is 20.2 Å². The van der Waals surface area contributed by atoms with E-state index in [1.807, 2.05) is 6.92 Å². The lowest BCUT2D eigenvalue weighted by molar-refractivity contribution is -0.393. The van der Waals surface area contributed by atoms with E-state index >= 15 is 0 Å². The maximum atomic E-state index is 11.2. The Morgan fingerprint density at radius 1 is 0.812 bits per heavy atom. The predicted octanol–water partition coefficient (Wildman–Crippen LogP) is 8.16. The van der Waals surface area contributed by atoms with Gasteiger partial charge < -0.3 is 0 Å². The van der Waals surface area contributed by atoms with Crippen molar-refractivity contribution in [1.82, 2.24) is 0 Å². The third kappa shape index (κ3) is 11.8. The van der Waals surface area contributed by atoms with Crippen LogP contribution in [-0.2, 0) is 0 Å². The number of benzene rings is 1. The number of rotatable bonds is 19. The highest BCUT2D eigenvalue weighted by Gasteiger charge is 2.19. The minimum atomic E-state index is -0.647. The van der Waals surface area contributed by atoms with Gasteiger partial charge in [0.2, 0.25) is 0 Å². The molecule has 0 aliphatic carbocycles. The number of nitrogens with one attached hydrogen (secondary N) is 1. The fraction of sp³-hybridized carbons (Fsp3) is 0.708. The number of unbranched alkanes of at least 4 members (excludes halogenated alkanes) is 12.